The molecule has 2 unspecified atom stereocenters. The van der Waals surface area contributed by atoms with Crippen LogP contribution in [0.1, 0.15) is 62.3 Å². The molecule has 2 aliphatic heterocycles. The van der Waals surface area contributed by atoms with E-state index >= 15 is 0 Å². The molecular formula is C20H29NO2. The summed E-state index contributed by atoms with van der Waals surface area (Å²) >= 11 is 0. The number of aryl methyl sites for hydroxylation is 1. The minimum absolute atomic E-state index is 0.128. The van der Waals surface area contributed by atoms with E-state index in [4.69, 9.17) is 4.74 Å². The van der Waals surface area contributed by atoms with Crippen molar-refractivity contribution in [3.05, 3.63) is 34.9 Å². The molecule has 0 saturated carbocycles. The van der Waals surface area contributed by atoms with Gasteiger partial charge in [0.25, 0.3) is 0 Å². The monoisotopic (exact) mass is 315 g/mol. The third-order valence-electron chi connectivity index (χ3n) is 5.20. The summed E-state index contributed by atoms with van der Waals surface area (Å²) in [6.45, 7) is 8.23. The number of rotatable bonds is 3. The van der Waals surface area contributed by atoms with E-state index in [9.17, 15) is 4.79 Å². The molecule has 3 heteroatoms. The number of hydrogen-bond donors (Lipinski definition) is 0. The average molecular weight is 315 g/mol. The van der Waals surface area contributed by atoms with Gasteiger partial charge in [-0.15, -0.1) is 0 Å². The van der Waals surface area contributed by atoms with Crippen LogP contribution in [-0.2, 0) is 16.0 Å². The van der Waals surface area contributed by atoms with E-state index in [0.29, 0.717) is 12.3 Å². The van der Waals surface area contributed by atoms with Gasteiger partial charge in [0.1, 0.15) is 0 Å². The van der Waals surface area contributed by atoms with Crippen LogP contribution in [0.5, 0.6) is 0 Å². The van der Waals surface area contributed by atoms with Gasteiger partial charge in [0.2, 0.25) is 5.91 Å². The van der Waals surface area contributed by atoms with E-state index in [0.717, 1.165) is 32.4 Å². The molecule has 2 heterocycles. The number of carbonyl (C=O) groups excluding carboxylic acids is 1. The second-order valence-corrected chi connectivity index (χ2v) is 7.42. The summed E-state index contributed by atoms with van der Waals surface area (Å²) in [5, 5.41) is 0. The van der Waals surface area contributed by atoms with E-state index < -0.39 is 0 Å². The first-order valence-electron chi connectivity index (χ1n) is 9.06. The van der Waals surface area contributed by atoms with Crippen LogP contribution < -0.4 is 0 Å². The van der Waals surface area contributed by atoms with Crippen molar-refractivity contribution < 1.29 is 9.53 Å². The molecule has 0 radical (unpaired) electrons. The molecule has 2 aliphatic rings. The first-order valence-corrected chi connectivity index (χ1v) is 9.06. The molecule has 1 fully saturated rings. The zero-order chi connectivity index (χ0) is 16.4. The molecule has 0 bridgehead atoms. The van der Waals surface area contributed by atoms with E-state index in [1.165, 1.54) is 23.1 Å². The molecule has 0 aliphatic carbocycles. The van der Waals surface area contributed by atoms with Crippen LogP contribution in [0.2, 0.25) is 0 Å². The molecule has 1 aromatic carbocycles. The fraction of sp³-hybridized carbons (Fsp3) is 0.650. The van der Waals surface area contributed by atoms with Crippen LogP contribution in [0, 0.1) is 12.8 Å². The highest BCUT2D eigenvalue weighted by molar-refractivity contribution is 5.77. The minimum atomic E-state index is 0.128. The summed E-state index contributed by atoms with van der Waals surface area (Å²) < 4.78 is 5.77. The van der Waals surface area contributed by atoms with Gasteiger partial charge in [0, 0.05) is 13.2 Å². The molecule has 1 amide bonds. The Balaban J connectivity index is 1.78. The number of ether oxygens (including phenoxy) is 1. The van der Waals surface area contributed by atoms with Crippen LogP contribution in [-0.4, -0.2) is 30.1 Å². The fourth-order valence-electron chi connectivity index (χ4n) is 4.07. The maximum atomic E-state index is 12.9. The van der Waals surface area contributed by atoms with Gasteiger partial charge in [-0.05, 0) is 49.7 Å². The third-order valence-corrected chi connectivity index (χ3v) is 5.20. The number of nitrogens with zero attached hydrogens (tertiary/aromatic N) is 1. The van der Waals surface area contributed by atoms with Crippen molar-refractivity contribution in [2.24, 2.45) is 5.92 Å². The Morgan fingerprint density at radius 3 is 2.87 bits per heavy atom. The first-order chi connectivity index (χ1) is 11.1. The Kier molecular flexibility index (Phi) is 5.05. The highest BCUT2D eigenvalue weighted by atomic mass is 16.5. The fourth-order valence-corrected chi connectivity index (χ4v) is 4.07. The van der Waals surface area contributed by atoms with Crippen molar-refractivity contribution in [3.8, 4) is 0 Å². The van der Waals surface area contributed by atoms with E-state index in [1.54, 1.807) is 0 Å². The number of carbonyl (C=O) groups is 1. The lowest BCUT2D eigenvalue weighted by Crippen LogP contribution is -2.43. The maximum Gasteiger partial charge on any atom is 0.225 e. The lowest BCUT2D eigenvalue weighted by molar-refractivity contribution is -0.139. The smallest absolute Gasteiger partial charge is 0.225 e. The largest absolute Gasteiger partial charge is 0.378 e. The summed E-state index contributed by atoms with van der Waals surface area (Å²) in [6.07, 6.45) is 5.00. The van der Waals surface area contributed by atoms with Crippen LogP contribution in [0.15, 0.2) is 18.2 Å². The first kappa shape index (κ1) is 16.5. The molecule has 1 saturated heterocycles. The predicted molar refractivity (Wildman–Crippen MR) is 92.4 cm³/mol. The van der Waals surface area contributed by atoms with E-state index in [1.807, 2.05) is 0 Å². The van der Waals surface area contributed by atoms with Crippen molar-refractivity contribution in [1.82, 2.24) is 4.90 Å². The average Bonchev–Trinajstić information content (AvgIpc) is 2.54. The Hall–Kier alpha value is -1.35. The van der Waals surface area contributed by atoms with Crippen molar-refractivity contribution in [1.29, 1.82) is 0 Å². The molecule has 126 valence electrons. The molecule has 3 nitrogen and oxygen atoms in total. The van der Waals surface area contributed by atoms with Crippen molar-refractivity contribution in [2.45, 2.75) is 65.0 Å². The van der Waals surface area contributed by atoms with Crippen molar-refractivity contribution in [2.75, 3.05) is 13.2 Å². The Bertz CT molecular complexity index is 561. The summed E-state index contributed by atoms with van der Waals surface area (Å²) in [5.74, 6) is 0.690. The Morgan fingerprint density at radius 1 is 1.35 bits per heavy atom. The summed E-state index contributed by atoms with van der Waals surface area (Å²) in [7, 11) is 0. The molecular weight excluding hydrogens is 286 g/mol. The lowest BCUT2D eigenvalue weighted by Gasteiger charge is -2.40. The topological polar surface area (TPSA) is 29.5 Å². The highest BCUT2D eigenvalue weighted by Gasteiger charge is 2.33. The SMILES string of the molecule is Cc1ccc2c(c1)CCN(C(=O)CC1CCCCO1)C2C(C)C. The van der Waals surface area contributed by atoms with Crippen molar-refractivity contribution >= 4 is 5.91 Å². The van der Waals surface area contributed by atoms with Crippen LogP contribution >= 0.6 is 0 Å². The Labute approximate surface area is 140 Å². The van der Waals surface area contributed by atoms with Gasteiger partial charge < -0.3 is 9.64 Å². The standard InChI is InChI=1S/C20H29NO2/c1-14(2)20-18-8-7-15(3)12-16(18)9-10-21(20)19(22)13-17-6-4-5-11-23-17/h7-8,12,14,17,20H,4-6,9-11,13H2,1-3H3. The molecule has 2 atom stereocenters. The molecule has 0 spiro atoms. The molecule has 1 aromatic rings. The van der Waals surface area contributed by atoms with Crippen molar-refractivity contribution in [3.63, 3.8) is 0 Å². The van der Waals surface area contributed by atoms with Gasteiger partial charge in [-0.2, -0.15) is 0 Å². The predicted octanol–water partition coefficient (Wildman–Crippen LogP) is 4.04. The number of hydrogen-bond acceptors (Lipinski definition) is 2. The number of fused-ring (bicyclic) bond motifs is 1. The van der Waals surface area contributed by atoms with Crippen LogP contribution in [0.25, 0.3) is 0 Å². The van der Waals surface area contributed by atoms with Gasteiger partial charge in [0.15, 0.2) is 0 Å². The summed E-state index contributed by atoms with van der Waals surface area (Å²) in [6, 6.07) is 6.89. The van der Waals surface area contributed by atoms with E-state index in [2.05, 4.69) is 43.9 Å². The maximum absolute atomic E-state index is 12.9. The normalized spacial score (nSPS) is 24.6. The summed E-state index contributed by atoms with van der Waals surface area (Å²) in [4.78, 5) is 15.0. The second kappa shape index (κ2) is 7.04. The molecule has 0 N–H and O–H groups in total. The molecule has 3 rings (SSSR count). The highest BCUT2D eigenvalue weighted by Crippen LogP contribution is 2.36. The molecule has 0 aromatic heterocycles. The van der Waals surface area contributed by atoms with Gasteiger partial charge in [-0.1, -0.05) is 37.6 Å². The van der Waals surface area contributed by atoms with E-state index in [-0.39, 0.29) is 18.1 Å². The van der Waals surface area contributed by atoms with Crippen LogP contribution in [0.3, 0.4) is 0 Å². The lowest BCUT2D eigenvalue weighted by atomic mass is 9.85. The van der Waals surface area contributed by atoms with Gasteiger partial charge in [0.05, 0.1) is 18.6 Å². The van der Waals surface area contributed by atoms with Crippen LogP contribution in [0.4, 0.5) is 0 Å². The third kappa shape index (κ3) is 3.60. The quantitative estimate of drug-likeness (QED) is 0.842. The Morgan fingerprint density at radius 2 is 2.17 bits per heavy atom. The van der Waals surface area contributed by atoms with Gasteiger partial charge >= 0.3 is 0 Å². The second-order valence-electron chi connectivity index (χ2n) is 7.42. The minimum Gasteiger partial charge on any atom is -0.378 e. The molecule has 23 heavy (non-hydrogen) atoms. The van der Waals surface area contributed by atoms with Gasteiger partial charge in [-0.25, -0.2) is 0 Å². The zero-order valence-electron chi connectivity index (χ0n) is 14.7. The zero-order valence-corrected chi connectivity index (χ0v) is 14.7. The number of benzene rings is 1. The van der Waals surface area contributed by atoms with Gasteiger partial charge in [-0.3, -0.25) is 4.79 Å². The summed E-state index contributed by atoms with van der Waals surface area (Å²) in [5.41, 5.74) is 4.07. The number of amides is 1.